The predicted molar refractivity (Wildman–Crippen MR) is 117 cm³/mol. The highest BCUT2D eigenvalue weighted by Gasteiger charge is 2.11. The second-order valence-electron chi connectivity index (χ2n) is 6.57. The first-order valence-corrected chi connectivity index (χ1v) is 10.2. The summed E-state index contributed by atoms with van der Waals surface area (Å²) in [4.78, 5) is 8.77. The molecule has 1 unspecified atom stereocenters. The zero-order chi connectivity index (χ0) is 19.5. The summed E-state index contributed by atoms with van der Waals surface area (Å²) in [5.41, 5.74) is 6.18. The summed E-state index contributed by atoms with van der Waals surface area (Å²) in [5, 5.41) is 0. The van der Waals surface area contributed by atoms with Crippen molar-refractivity contribution in [2.45, 2.75) is 11.8 Å². The molecule has 1 heterocycles. The van der Waals surface area contributed by atoms with Gasteiger partial charge in [0, 0.05) is 0 Å². The molecule has 140 valence electrons. The molecule has 1 aromatic heterocycles. The minimum Gasteiger partial charge on any atom is -0.338 e. The minimum atomic E-state index is -1.24. The standard InChI is InChI=1S/C23H21N3OS/c1-16-7-9-17(10-8-16)11-14-23-25-20-13-12-18(15-21(20)26-23)19-5-3-4-6-22(19)28(27)24-2/h3-15,24H,1-2H3,(H,25,26)/b14-11+. The van der Waals surface area contributed by atoms with E-state index < -0.39 is 11.0 Å². The van der Waals surface area contributed by atoms with Crippen LogP contribution in [0.3, 0.4) is 0 Å². The van der Waals surface area contributed by atoms with E-state index in [1.807, 2.05) is 48.6 Å². The van der Waals surface area contributed by atoms with Crippen LogP contribution in [0, 0.1) is 6.92 Å². The highest BCUT2D eigenvalue weighted by atomic mass is 32.2. The molecule has 0 aliphatic carbocycles. The molecule has 0 fully saturated rings. The Balaban J connectivity index is 1.68. The second-order valence-corrected chi connectivity index (χ2v) is 7.95. The van der Waals surface area contributed by atoms with Crippen LogP contribution in [0.1, 0.15) is 17.0 Å². The number of rotatable bonds is 5. The van der Waals surface area contributed by atoms with Crippen LogP contribution in [0.5, 0.6) is 0 Å². The van der Waals surface area contributed by atoms with Gasteiger partial charge in [0.05, 0.1) is 15.9 Å². The minimum absolute atomic E-state index is 0.767. The number of benzene rings is 3. The molecule has 0 amide bonds. The lowest BCUT2D eigenvalue weighted by Gasteiger charge is -2.08. The van der Waals surface area contributed by atoms with Crippen LogP contribution in [0.2, 0.25) is 0 Å². The molecule has 0 aliphatic heterocycles. The predicted octanol–water partition coefficient (Wildman–Crippen LogP) is 4.95. The maximum atomic E-state index is 12.3. The first kappa shape index (κ1) is 18.3. The molecule has 2 N–H and O–H groups in total. The summed E-state index contributed by atoms with van der Waals surface area (Å²) in [6.45, 7) is 2.08. The van der Waals surface area contributed by atoms with Gasteiger partial charge >= 0.3 is 0 Å². The molecule has 5 heteroatoms. The van der Waals surface area contributed by atoms with Gasteiger partial charge < -0.3 is 4.98 Å². The van der Waals surface area contributed by atoms with E-state index in [2.05, 4.69) is 51.9 Å². The van der Waals surface area contributed by atoms with Crippen LogP contribution in [0.25, 0.3) is 34.3 Å². The van der Waals surface area contributed by atoms with E-state index in [0.29, 0.717) is 0 Å². The average Bonchev–Trinajstić information content (AvgIpc) is 3.15. The van der Waals surface area contributed by atoms with E-state index in [0.717, 1.165) is 38.4 Å². The van der Waals surface area contributed by atoms with Crippen LogP contribution in [-0.4, -0.2) is 21.2 Å². The Morgan fingerprint density at radius 2 is 1.79 bits per heavy atom. The molecule has 4 nitrogen and oxygen atoms in total. The lowest BCUT2D eigenvalue weighted by molar-refractivity contribution is 0.678. The number of fused-ring (bicyclic) bond motifs is 1. The van der Waals surface area contributed by atoms with Crippen LogP contribution in [-0.2, 0) is 11.0 Å². The van der Waals surface area contributed by atoms with Crippen molar-refractivity contribution in [3.05, 3.63) is 83.7 Å². The fraction of sp³-hybridized carbons (Fsp3) is 0.0870. The molecule has 4 aromatic rings. The van der Waals surface area contributed by atoms with Crippen molar-refractivity contribution in [3.63, 3.8) is 0 Å². The quantitative estimate of drug-likeness (QED) is 0.509. The van der Waals surface area contributed by atoms with E-state index in [9.17, 15) is 4.21 Å². The smallest absolute Gasteiger partial charge is 0.131 e. The Morgan fingerprint density at radius 3 is 2.57 bits per heavy atom. The second kappa shape index (κ2) is 7.92. The molecule has 0 saturated carbocycles. The van der Waals surface area contributed by atoms with Gasteiger partial charge in [0.1, 0.15) is 16.8 Å². The maximum absolute atomic E-state index is 12.3. The summed E-state index contributed by atoms with van der Waals surface area (Å²) in [6.07, 6.45) is 4.03. The summed E-state index contributed by atoms with van der Waals surface area (Å²) in [7, 11) is 0.448. The third kappa shape index (κ3) is 3.81. The lowest BCUT2D eigenvalue weighted by atomic mass is 10.1. The van der Waals surface area contributed by atoms with E-state index >= 15 is 0 Å². The van der Waals surface area contributed by atoms with E-state index in [4.69, 9.17) is 0 Å². The van der Waals surface area contributed by atoms with Crippen LogP contribution in [0.4, 0.5) is 0 Å². The Kier molecular flexibility index (Phi) is 5.19. The average molecular weight is 388 g/mol. The van der Waals surface area contributed by atoms with E-state index in [1.165, 1.54) is 5.56 Å². The van der Waals surface area contributed by atoms with Crippen molar-refractivity contribution in [2.24, 2.45) is 0 Å². The van der Waals surface area contributed by atoms with Crippen LogP contribution >= 0.6 is 0 Å². The Labute approximate surface area is 166 Å². The van der Waals surface area contributed by atoms with Crippen molar-refractivity contribution in [1.82, 2.24) is 14.7 Å². The number of nitrogens with zero attached hydrogens (tertiary/aromatic N) is 1. The van der Waals surface area contributed by atoms with Gasteiger partial charge in [0.15, 0.2) is 0 Å². The summed E-state index contributed by atoms with van der Waals surface area (Å²) in [6, 6.07) is 22.2. The number of aromatic amines is 1. The Hall–Kier alpha value is -3.02. The molecular formula is C23H21N3OS. The zero-order valence-electron chi connectivity index (χ0n) is 15.8. The van der Waals surface area contributed by atoms with Gasteiger partial charge in [-0.15, -0.1) is 0 Å². The largest absolute Gasteiger partial charge is 0.338 e. The van der Waals surface area contributed by atoms with Crippen LogP contribution in [0.15, 0.2) is 71.6 Å². The number of hydrogen-bond donors (Lipinski definition) is 2. The SMILES string of the molecule is CNS(=O)c1ccccc1-c1ccc2nc(/C=C/c3ccc(C)cc3)[nH]c2c1. The fourth-order valence-corrected chi connectivity index (χ4v) is 3.91. The third-order valence-electron chi connectivity index (χ3n) is 4.59. The molecule has 3 aromatic carbocycles. The topological polar surface area (TPSA) is 57.8 Å². The van der Waals surface area contributed by atoms with Crippen molar-refractivity contribution in [1.29, 1.82) is 0 Å². The maximum Gasteiger partial charge on any atom is 0.131 e. The molecule has 0 spiro atoms. The molecular weight excluding hydrogens is 366 g/mol. The number of nitrogens with one attached hydrogen (secondary N) is 2. The van der Waals surface area contributed by atoms with E-state index in [1.54, 1.807) is 7.05 Å². The van der Waals surface area contributed by atoms with Gasteiger partial charge in [0.2, 0.25) is 0 Å². The van der Waals surface area contributed by atoms with Crippen molar-refractivity contribution >= 4 is 34.2 Å². The fourth-order valence-electron chi connectivity index (χ4n) is 3.11. The highest BCUT2D eigenvalue weighted by Crippen LogP contribution is 2.28. The van der Waals surface area contributed by atoms with Gasteiger partial charge in [-0.1, -0.05) is 60.2 Å². The molecule has 0 saturated heterocycles. The van der Waals surface area contributed by atoms with Crippen molar-refractivity contribution in [3.8, 4) is 11.1 Å². The molecule has 4 rings (SSSR count). The molecule has 0 bridgehead atoms. The molecule has 0 radical (unpaired) electrons. The lowest BCUT2D eigenvalue weighted by Crippen LogP contribution is -2.11. The van der Waals surface area contributed by atoms with Gasteiger partial charge in [0.25, 0.3) is 0 Å². The van der Waals surface area contributed by atoms with Gasteiger partial charge in [-0.25, -0.2) is 13.9 Å². The monoisotopic (exact) mass is 387 g/mol. The van der Waals surface area contributed by atoms with Gasteiger partial charge in [-0.3, -0.25) is 0 Å². The third-order valence-corrected chi connectivity index (χ3v) is 5.72. The number of aromatic nitrogens is 2. The first-order valence-electron chi connectivity index (χ1n) is 9.07. The molecule has 28 heavy (non-hydrogen) atoms. The first-order chi connectivity index (χ1) is 13.6. The highest BCUT2D eigenvalue weighted by molar-refractivity contribution is 7.83. The van der Waals surface area contributed by atoms with Gasteiger partial charge in [-0.2, -0.15) is 0 Å². The molecule has 0 aliphatic rings. The summed E-state index contributed by atoms with van der Waals surface area (Å²) < 4.78 is 15.1. The summed E-state index contributed by atoms with van der Waals surface area (Å²) >= 11 is 0. The zero-order valence-corrected chi connectivity index (χ0v) is 16.6. The summed E-state index contributed by atoms with van der Waals surface area (Å²) in [5.74, 6) is 0.805. The van der Waals surface area contributed by atoms with Crippen LogP contribution < -0.4 is 4.72 Å². The van der Waals surface area contributed by atoms with Crippen molar-refractivity contribution < 1.29 is 4.21 Å². The van der Waals surface area contributed by atoms with Gasteiger partial charge in [-0.05, 0) is 54.9 Å². The number of imidazole rings is 1. The number of hydrogen-bond acceptors (Lipinski definition) is 2. The Morgan fingerprint density at radius 1 is 1.00 bits per heavy atom. The normalized spacial score (nSPS) is 12.6. The molecule has 1 atom stereocenters. The van der Waals surface area contributed by atoms with Crippen molar-refractivity contribution in [2.75, 3.05) is 7.05 Å². The Bertz CT molecular complexity index is 1180. The number of H-pyrrole nitrogens is 1. The number of aryl methyl sites for hydroxylation is 1. The van der Waals surface area contributed by atoms with E-state index in [-0.39, 0.29) is 0 Å².